The second-order valence-corrected chi connectivity index (χ2v) is 7.91. The number of hydrogen-bond acceptors (Lipinski definition) is 4. The molecule has 0 saturated carbocycles. The number of pyridine rings is 1. The van der Waals surface area contributed by atoms with E-state index in [4.69, 9.17) is 4.98 Å². The molecule has 1 atom stereocenters. The van der Waals surface area contributed by atoms with E-state index in [0.29, 0.717) is 5.92 Å². The Morgan fingerprint density at radius 2 is 2.11 bits per heavy atom. The highest BCUT2D eigenvalue weighted by Crippen LogP contribution is 2.30. The first-order valence-corrected chi connectivity index (χ1v) is 9.91. The minimum absolute atomic E-state index is 0.0282. The molecule has 1 amide bonds. The van der Waals surface area contributed by atoms with Gasteiger partial charge in [0.15, 0.2) is 0 Å². The van der Waals surface area contributed by atoms with Crippen LogP contribution in [0, 0.1) is 0 Å². The standard InChI is InChI=1S/C22H27N5O/c1-15(2)24-22(28)19-12-21(25-20-7-5-4-6-18(19)20)16-9-11-27(13-16)14-17-8-10-23-26(17)3/h4-8,10,12,15-16H,9,11,13-14H2,1-3H3,(H,24,28)/t16-/m0/s1. The molecule has 0 aliphatic carbocycles. The van der Waals surface area contributed by atoms with Crippen LogP contribution in [0.25, 0.3) is 10.9 Å². The monoisotopic (exact) mass is 377 g/mol. The van der Waals surface area contributed by atoms with Gasteiger partial charge in [-0.15, -0.1) is 0 Å². The first-order valence-electron chi connectivity index (χ1n) is 9.91. The fraction of sp³-hybridized carbons (Fsp3) is 0.409. The van der Waals surface area contributed by atoms with Gasteiger partial charge >= 0.3 is 0 Å². The van der Waals surface area contributed by atoms with Crippen molar-refractivity contribution in [1.29, 1.82) is 0 Å². The highest BCUT2D eigenvalue weighted by molar-refractivity contribution is 6.06. The van der Waals surface area contributed by atoms with Gasteiger partial charge in [0, 0.05) is 49.4 Å². The summed E-state index contributed by atoms with van der Waals surface area (Å²) in [6, 6.07) is 12.1. The fourth-order valence-corrected chi connectivity index (χ4v) is 3.94. The van der Waals surface area contributed by atoms with Crippen molar-refractivity contribution >= 4 is 16.8 Å². The number of aromatic nitrogens is 3. The molecule has 1 aliphatic heterocycles. The Morgan fingerprint density at radius 1 is 1.29 bits per heavy atom. The smallest absolute Gasteiger partial charge is 0.252 e. The van der Waals surface area contributed by atoms with Crippen molar-refractivity contribution in [1.82, 2.24) is 25.0 Å². The van der Waals surface area contributed by atoms with Crippen LogP contribution < -0.4 is 5.32 Å². The number of carbonyl (C=O) groups is 1. The van der Waals surface area contributed by atoms with Crippen LogP contribution in [0.15, 0.2) is 42.6 Å². The number of aryl methyl sites for hydroxylation is 1. The van der Waals surface area contributed by atoms with Crippen LogP contribution in [-0.2, 0) is 13.6 Å². The Kier molecular flexibility index (Phi) is 5.13. The molecule has 6 heteroatoms. The van der Waals surface area contributed by atoms with E-state index < -0.39 is 0 Å². The maximum absolute atomic E-state index is 12.8. The highest BCUT2D eigenvalue weighted by atomic mass is 16.1. The molecule has 28 heavy (non-hydrogen) atoms. The predicted molar refractivity (Wildman–Crippen MR) is 110 cm³/mol. The molecule has 0 bridgehead atoms. The van der Waals surface area contributed by atoms with Crippen molar-refractivity contribution in [3.05, 3.63) is 59.5 Å². The minimum atomic E-state index is -0.0282. The molecule has 146 valence electrons. The SMILES string of the molecule is CC(C)NC(=O)c1cc([C@H]2CCN(Cc3ccnn3C)C2)nc2ccccc12. The quantitative estimate of drug-likeness (QED) is 0.742. The molecule has 1 N–H and O–H groups in total. The van der Waals surface area contributed by atoms with Crippen LogP contribution in [0.1, 0.15) is 47.9 Å². The molecule has 0 unspecified atom stereocenters. The second kappa shape index (κ2) is 7.72. The van der Waals surface area contributed by atoms with Crippen LogP contribution in [-0.4, -0.2) is 44.7 Å². The molecular formula is C22H27N5O. The molecule has 1 aliphatic rings. The van der Waals surface area contributed by atoms with E-state index in [0.717, 1.165) is 48.2 Å². The van der Waals surface area contributed by atoms with E-state index in [1.807, 2.05) is 62.1 Å². The molecule has 6 nitrogen and oxygen atoms in total. The number of para-hydroxylation sites is 1. The number of carbonyl (C=O) groups excluding carboxylic acids is 1. The van der Waals surface area contributed by atoms with Crippen LogP contribution in [0.3, 0.4) is 0 Å². The Labute approximate surface area is 165 Å². The van der Waals surface area contributed by atoms with Gasteiger partial charge in [-0.05, 0) is 45.0 Å². The summed E-state index contributed by atoms with van der Waals surface area (Å²) in [5, 5.41) is 8.20. The normalized spacial score (nSPS) is 17.5. The molecule has 0 radical (unpaired) electrons. The topological polar surface area (TPSA) is 63.1 Å². The summed E-state index contributed by atoms with van der Waals surface area (Å²) in [6.07, 6.45) is 2.89. The maximum atomic E-state index is 12.8. The highest BCUT2D eigenvalue weighted by Gasteiger charge is 2.27. The van der Waals surface area contributed by atoms with Crippen LogP contribution >= 0.6 is 0 Å². The molecule has 2 aromatic heterocycles. The molecule has 1 saturated heterocycles. The van der Waals surface area contributed by atoms with Crippen molar-refractivity contribution in [2.75, 3.05) is 13.1 Å². The third-order valence-corrected chi connectivity index (χ3v) is 5.40. The summed E-state index contributed by atoms with van der Waals surface area (Å²) >= 11 is 0. The van der Waals surface area contributed by atoms with E-state index in [9.17, 15) is 4.79 Å². The number of likely N-dealkylation sites (tertiary alicyclic amines) is 1. The van der Waals surface area contributed by atoms with Gasteiger partial charge in [0.2, 0.25) is 0 Å². The average Bonchev–Trinajstić information content (AvgIpc) is 3.30. The van der Waals surface area contributed by atoms with Crippen LogP contribution in [0.5, 0.6) is 0 Å². The third kappa shape index (κ3) is 3.78. The lowest BCUT2D eigenvalue weighted by atomic mass is 9.99. The summed E-state index contributed by atoms with van der Waals surface area (Å²) in [5.74, 6) is 0.308. The van der Waals surface area contributed by atoms with E-state index in [1.54, 1.807) is 0 Å². The maximum Gasteiger partial charge on any atom is 0.252 e. The van der Waals surface area contributed by atoms with Gasteiger partial charge in [-0.2, -0.15) is 5.10 Å². The lowest BCUT2D eigenvalue weighted by Gasteiger charge is -2.17. The summed E-state index contributed by atoms with van der Waals surface area (Å²) < 4.78 is 1.93. The summed E-state index contributed by atoms with van der Waals surface area (Å²) in [4.78, 5) is 20.1. The molecule has 3 heterocycles. The van der Waals surface area contributed by atoms with E-state index in [-0.39, 0.29) is 11.9 Å². The van der Waals surface area contributed by atoms with Gasteiger partial charge in [-0.3, -0.25) is 19.4 Å². The molecule has 1 aromatic carbocycles. The van der Waals surface area contributed by atoms with E-state index in [1.165, 1.54) is 5.69 Å². The lowest BCUT2D eigenvalue weighted by Crippen LogP contribution is -2.30. The van der Waals surface area contributed by atoms with Crippen molar-refractivity contribution in [2.24, 2.45) is 7.05 Å². The van der Waals surface area contributed by atoms with Crippen LogP contribution in [0.4, 0.5) is 0 Å². The zero-order valence-corrected chi connectivity index (χ0v) is 16.7. The Balaban J connectivity index is 1.60. The summed E-state index contributed by atoms with van der Waals surface area (Å²) in [5.41, 5.74) is 3.84. The van der Waals surface area contributed by atoms with Gasteiger partial charge in [-0.25, -0.2) is 0 Å². The summed E-state index contributed by atoms with van der Waals surface area (Å²) in [6.45, 7) is 6.83. The van der Waals surface area contributed by atoms with Gasteiger partial charge in [0.25, 0.3) is 5.91 Å². The van der Waals surface area contributed by atoms with E-state index >= 15 is 0 Å². The zero-order valence-electron chi connectivity index (χ0n) is 16.7. The number of rotatable bonds is 5. The number of nitrogens with zero attached hydrogens (tertiary/aromatic N) is 4. The van der Waals surface area contributed by atoms with Gasteiger partial charge < -0.3 is 5.32 Å². The minimum Gasteiger partial charge on any atom is -0.350 e. The van der Waals surface area contributed by atoms with Gasteiger partial charge in [-0.1, -0.05) is 18.2 Å². The average molecular weight is 377 g/mol. The molecule has 0 spiro atoms. The Bertz CT molecular complexity index is 994. The lowest BCUT2D eigenvalue weighted by molar-refractivity contribution is 0.0944. The van der Waals surface area contributed by atoms with Crippen molar-refractivity contribution in [3.8, 4) is 0 Å². The number of amides is 1. The first kappa shape index (κ1) is 18.6. The molecule has 1 fully saturated rings. The van der Waals surface area contributed by atoms with E-state index in [2.05, 4.69) is 21.4 Å². The predicted octanol–water partition coefficient (Wildman–Crippen LogP) is 3.10. The number of fused-ring (bicyclic) bond motifs is 1. The number of benzene rings is 1. The molecule has 4 rings (SSSR count). The summed E-state index contributed by atoms with van der Waals surface area (Å²) in [7, 11) is 1.98. The largest absolute Gasteiger partial charge is 0.350 e. The van der Waals surface area contributed by atoms with Gasteiger partial charge in [0.05, 0.1) is 16.8 Å². The molecular weight excluding hydrogens is 350 g/mol. The van der Waals surface area contributed by atoms with Crippen molar-refractivity contribution in [3.63, 3.8) is 0 Å². The third-order valence-electron chi connectivity index (χ3n) is 5.40. The first-order chi connectivity index (χ1) is 13.5. The number of hydrogen-bond donors (Lipinski definition) is 1. The zero-order chi connectivity index (χ0) is 19.7. The second-order valence-electron chi connectivity index (χ2n) is 7.91. The van der Waals surface area contributed by atoms with Gasteiger partial charge in [0.1, 0.15) is 0 Å². The Hall–Kier alpha value is -2.73. The molecule has 3 aromatic rings. The van der Waals surface area contributed by atoms with Crippen LogP contribution in [0.2, 0.25) is 0 Å². The number of nitrogens with one attached hydrogen (secondary N) is 1. The van der Waals surface area contributed by atoms with Crippen molar-refractivity contribution < 1.29 is 4.79 Å². The van der Waals surface area contributed by atoms with Crippen molar-refractivity contribution in [2.45, 2.75) is 38.8 Å². The fourth-order valence-electron chi connectivity index (χ4n) is 3.94. The Morgan fingerprint density at radius 3 is 2.86 bits per heavy atom.